The third kappa shape index (κ3) is 2.68. The van der Waals surface area contributed by atoms with Gasteiger partial charge in [-0.2, -0.15) is 0 Å². The first-order valence-corrected chi connectivity index (χ1v) is 7.49. The lowest BCUT2D eigenvalue weighted by atomic mass is 10.0. The minimum Gasteiger partial charge on any atom is -0.479 e. The molecule has 4 heteroatoms. The van der Waals surface area contributed by atoms with E-state index in [1.807, 2.05) is 25.1 Å². The number of benzene rings is 1. The van der Waals surface area contributed by atoms with Gasteiger partial charge in [-0.25, -0.2) is 0 Å². The lowest BCUT2D eigenvalue weighted by molar-refractivity contribution is -0.125. The topological polar surface area (TPSA) is 55.6 Å². The lowest BCUT2D eigenvalue weighted by Gasteiger charge is -2.33. The molecule has 0 aromatic heterocycles. The number of carbonyl (C=O) groups is 1. The molecule has 4 nitrogen and oxygen atoms in total. The maximum atomic E-state index is 12.4. The average molecular weight is 286 g/mol. The number of anilines is 1. The fourth-order valence-electron chi connectivity index (χ4n) is 2.79. The molecule has 21 heavy (non-hydrogen) atoms. The van der Waals surface area contributed by atoms with E-state index >= 15 is 0 Å². The Morgan fingerprint density at radius 1 is 1.52 bits per heavy atom. The van der Waals surface area contributed by atoms with Gasteiger partial charge in [-0.3, -0.25) is 4.79 Å². The van der Waals surface area contributed by atoms with Gasteiger partial charge in [0.1, 0.15) is 5.75 Å². The van der Waals surface area contributed by atoms with E-state index in [0.717, 1.165) is 22.6 Å². The molecule has 3 rings (SSSR count). The van der Waals surface area contributed by atoms with E-state index in [1.165, 1.54) is 12.8 Å². The van der Waals surface area contributed by atoms with Gasteiger partial charge in [0.25, 0.3) is 5.91 Å². The highest BCUT2D eigenvalue weighted by atomic mass is 16.5. The highest BCUT2D eigenvalue weighted by molar-refractivity contribution is 6.00. The van der Waals surface area contributed by atoms with Crippen molar-refractivity contribution in [1.82, 2.24) is 0 Å². The molecule has 1 saturated carbocycles. The van der Waals surface area contributed by atoms with Crippen LogP contribution in [0.25, 0.3) is 0 Å². The van der Waals surface area contributed by atoms with Gasteiger partial charge in [0.05, 0.1) is 5.69 Å². The van der Waals surface area contributed by atoms with E-state index in [2.05, 4.69) is 6.58 Å². The monoisotopic (exact) mass is 286 g/mol. The van der Waals surface area contributed by atoms with Gasteiger partial charge in [-0.1, -0.05) is 18.2 Å². The van der Waals surface area contributed by atoms with E-state index in [-0.39, 0.29) is 11.9 Å². The number of nitrogens with two attached hydrogens (primary N) is 1. The van der Waals surface area contributed by atoms with E-state index in [1.54, 1.807) is 11.8 Å². The minimum absolute atomic E-state index is 0.0253. The molecule has 2 aliphatic rings. The molecule has 1 aromatic carbocycles. The number of nitrogens with zero attached hydrogens (tertiary/aromatic N) is 1. The molecule has 1 heterocycles. The number of rotatable bonds is 4. The third-order valence-corrected chi connectivity index (χ3v) is 4.13. The van der Waals surface area contributed by atoms with Gasteiger partial charge in [0, 0.05) is 12.6 Å². The van der Waals surface area contributed by atoms with Crippen LogP contribution in [0, 0.1) is 5.92 Å². The van der Waals surface area contributed by atoms with Crippen LogP contribution in [-0.4, -0.2) is 18.6 Å². The molecule has 2 unspecified atom stereocenters. The smallest absolute Gasteiger partial charge is 0.268 e. The van der Waals surface area contributed by atoms with Crippen molar-refractivity contribution in [3.05, 3.63) is 35.9 Å². The van der Waals surface area contributed by atoms with Gasteiger partial charge in [0.15, 0.2) is 6.10 Å². The second-order valence-corrected chi connectivity index (χ2v) is 6.23. The molecule has 1 aliphatic carbocycles. The van der Waals surface area contributed by atoms with Crippen LogP contribution >= 0.6 is 0 Å². The van der Waals surface area contributed by atoms with Gasteiger partial charge in [0.2, 0.25) is 0 Å². The summed E-state index contributed by atoms with van der Waals surface area (Å²) in [5.41, 5.74) is 9.12. The Hall–Kier alpha value is -1.81. The quantitative estimate of drug-likeness (QED) is 0.866. The first-order valence-electron chi connectivity index (χ1n) is 7.49. The highest BCUT2D eigenvalue weighted by Crippen LogP contribution is 2.42. The van der Waals surface area contributed by atoms with E-state index in [4.69, 9.17) is 10.5 Å². The number of hydrogen-bond donors (Lipinski definition) is 1. The van der Waals surface area contributed by atoms with Crippen molar-refractivity contribution >= 4 is 11.6 Å². The molecular formula is C17H22N2O2. The molecule has 1 fully saturated rings. The highest BCUT2D eigenvalue weighted by Gasteiger charge is 2.34. The Morgan fingerprint density at radius 2 is 2.24 bits per heavy atom. The summed E-state index contributed by atoms with van der Waals surface area (Å²) in [5, 5.41) is 0. The molecule has 0 radical (unpaired) electrons. The molecule has 0 saturated heterocycles. The Bertz CT molecular complexity index is 592. The summed E-state index contributed by atoms with van der Waals surface area (Å²) in [7, 11) is 0. The predicted molar refractivity (Wildman–Crippen MR) is 83.4 cm³/mol. The summed E-state index contributed by atoms with van der Waals surface area (Å²) < 4.78 is 5.71. The lowest BCUT2D eigenvalue weighted by Crippen LogP contribution is -2.45. The van der Waals surface area contributed by atoms with E-state index < -0.39 is 6.10 Å². The Kier molecular flexibility index (Phi) is 3.49. The molecule has 0 spiro atoms. The van der Waals surface area contributed by atoms with Crippen molar-refractivity contribution in [1.29, 1.82) is 0 Å². The summed E-state index contributed by atoms with van der Waals surface area (Å²) in [6, 6.07) is 6.01. The minimum atomic E-state index is -0.459. The van der Waals surface area contributed by atoms with Crippen LogP contribution in [0.15, 0.2) is 30.4 Å². The van der Waals surface area contributed by atoms with Crippen LogP contribution in [0.1, 0.15) is 38.3 Å². The predicted octanol–water partition coefficient (Wildman–Crippen LogP) is 2.79. The Morgan fingerprint density at radius 3 is 2.86 bits per heavy atom. The van der Waals surface area contributed by atoms with Crippen LogP contribution in [0.4, 0.5) is 5.69 Å². The van der Waals surface area contributed by atoms with Gasteiger partial charge >= 0.3 is 0 Å². The van der Waals surface area contributed by atoms with Crippen molar-refractivity contribution in [2.24, 2.45) is 11.7 Å². The molecular weight excluding hydrogens is 264 g/mol. The van der Waals surface area contributed by atoms with Crippen LogP contribution in [0.2, 0.25) is 0 Å². The Balaban J connectivity index is 1.98. The zero-order valence-electron chi connectivity index (χ0n) is 12.6. The third-order valence-electron chi connectivity index (χ3n) is 4.13. The van der Waals surface area contributed by atoms with Crippen molar-refractivity contribution in [2.75, 3.05) is 11.4 Å². The summed E-state index contributed by atoms with van der Waals surface area (Å²) in [4.78, 5) is 14.1. The zero-order valence-corrected chi connectivity index (χ0v) is 12.6. The first kappa shape index (κ1) is 14.1. The molecule has 1 aliphatic heterocycles. The molecule has 0 bridgehead atoms. The average Bonchev–Trinajstić information content (AvgIpc) is 3.27. The van der Waals surface area contributed by atoms with Crippen LogP contribution < -0.4 is 15.4 Å². The van der Waals surface area contributed by atoms with E-state index in [9.17, 15) is 4.79 Å². The normalized spacial score (nSPS) is 22.5. The van der Waals surface area contributed by atoms with Crippen LogP contribution in [0.3, 0.4) is 0 Å². The van der Waals surface area contributed by atoms with Gasteiger partial charge in [-0.05, 0) is 50.3 Å². The molecule has 112 valence electrons. The second-order valence-electron chi connectivity index (χ2n) is 6.23. The van der Waals surface area contributed by atoms with Crippen molar-refractivity contribution in [2.45, 2.75) is 38.8 Å². The van der Waals surface area contributed by atoms with Crippen molar-refractivity contribution in [3.63, 3.8) is 0 Å². The standard InChI is InChI=1S/C17H22N2O2/c1-10(2)9-19-14-8-13(16(18)12-4-5-12)6-7-15(14)21-11(3)17(19)20/h6-8,11-12,16H,1,4-5,9,18H2,2-3H3. The second kappa shape index (κ2) is 5.19. The number of amides is 1. The molecule has 2 atom stereocenters. The first-order chi connectivity index (χ1) is 9.97. The largest absolute Gasteiger partial charge is 0.479 e. The van der Waals surface area contributed by atoms with Crippen LogP contribution in [0.5, 0.6) is 5.75 Å². The molecule has 2 N–H and O–H groups in total. The van der Waals surface area contributed by atoms with Gasteiger partial charge in [-0.15, -0.1) is 0 Å². The van der Waals surface area contributed by atoms with Crippen molar-refractivity contribution in [3.8, 4) is 5.75 Å². The number of carbonyl (C=O) groups excluding carboxylic acids is 1. The number of fused-ring (bicyclic) bond motifs is 1. The zero-order chi connectivity index (χ0) is 15.1. The van der Waals surface area contributed by atoms with Crippen molar-refractivity contribution < 1.29 is 9.53 Å². The fourth-order valence-corrected chi connectivity index (χ4v) is 2.79. The fraction of sp³-hybridized carbons (Fsp3) is 0.471. The molecule has 1 amide bonds. The SMILES string of the molecule is C=C(C)CN1C(=O)C(C)Oc2ccc(C(N)C3CC3)cc21. The number of hydrogen-bond acceptors (Lipinski definition) is 3. The number of ether oxygens (including phenoxy) is 1. The summed E-state index contributed by atoms with van der Waals surface area (Å²) in [5.74, 6) is 1.30. The van der Waals surface area contributed by atoms with Crippen LogP contribution in [-0.2, 0) is 4.79 Å². The summed E-state index contributed by atoms with van der Waals surface area (Å²) in [6.45, 7) is 8.14. The molecule has 1 aromatic rings. The Labute approximate surface area is 125 Å². The maximum absolute atomic E-state index is 12.4. The summed E-state index contributed by atoms with van der Waals surface area (Å²) in [6.07, 6.45) is 1.93. The maximum Gasteiger partial charge on any atom is 0.268 e. The van der Waals surface area contributed by atoms with Gasteiger partial charge < -0.3 is 15.4 Å². The van der Waals surface area contributed by atoms with E-state index in [0.29, 0.717) is 12.5 Å². The summed E-state index contributed by atoms with van der Waals surface area (Å²) >= 11 is 0.